The number of hydrogen-bond donors (Lipinski definition) is 1. The quantitative estimate of drug-likeness (QED) is 0.570. The topological polar surface area (TPSA) is 41.8 Å². The molecule has 0 unspecified atom stereocenters. The Morgan fingerprint density at radius 1 is 1.31 bits per heavy atom. The lowest BCUT2D eigenvalue weighted by atomic mass is 9.92. The number of benzene rings is 1. The summed E-state index contributed by atoms with van der Waals surface area (Å²) < 4.78 is 5.75. The van der Waals surface area contributed by atoms with Crippen LogP contribution >= 0.6 is 23.2 Å². The summed E-state index contributed by atoms with van der Waals surface area (Å²) in [5.41, 5.74) is 0.840. The predicted molar refractivity (Wildman–Crippen MR) is 64.1 cm³/mol. The molecule has 0 atom stereocenters. The van der Waals surface area contributed by atoms with Crippen molar-refractivity contribution in [2.75, 3.05) is 0 Å². The van der Waals surface area contributed by atoms with Crippen molar-refractivity contribution in [1.82, 2.24) is 0 Å². The predicted octanol–water partition coefficient (Wildman–Crippen LogP) is 3.73. The van der Waals surface area contributed by atoms with Gasteiger partial charge in [-0.3, -0.25) is 0 Å². The van der Waals surface area contributed by atoms with Crippen LogP contribution in [-0.4, -0.2) is 16.5 Å². The highest BCUT2D eigenvalue weighted by atomic mass is 35.5. The second-order valence-corrected chi connectivity index (χ2v) is 5.16. The average molecular weight is 260 g/mol. The second kappa shape index (κ2) is 3.82. The number of nitrogens with zero attached hydrogens (tertiary/aromatic N) is 1. The van der Waals surface area contributed by atoms with Gasteiger partial charge in [0, 0.05) is 18.1 Å². The van der Waals surface area contributed by atoms with Crippen LogP contribution in [0.1, 0.15) is 25.8 Å². The fourth-order valence-electron chi connectivity index (χ4n) is 1.76. The van der Waals surface area contributed by atoms with Crippen LogP contribution < -0.4 is 4.74 Å². The molecule has 1 N–H and O–H groups in total. The molecule has 3 nitrogen and oxygen atoms in total. The highest BCUT2D eigenvalue weighted by Gasteiger charge is 2.32. The van der Waals surface area contributed by atoms with E-state index < -0.39 is 5.60 Å². The first-order valence-electron chi connectivity index (χ1n) is 4.82. The second-order valence-electron chi connectivity index (χ2n) is 4.35. The molecular formula is C11H11Cl2NO2. The SMILES string of the molecule is CC1(C)C/C(=N\O)c2cc(Cl)c(Cl)cc2O1. The third kappa shape index (κ3) is 1.97. The van der Waals surface area contributed by atoms with E-state index in [1.54, 1.807) is 12.1 Å². The van der Waals surface area contributed by atoms with Gasteiger partial charge in [0.15, 0.2) is 0 Å². The number of ether oxygens (including phenoxy) is 1. The van der Waals surface area contributed by atoms with Gasteiger partial charge in [-0.1, -0.05) is 28.4 Å². The fourth-order valence-corrected chi connectivity index (χ4v) is 2.08. The van der Waals surface area contributed by atoms with Gasteiger partial charge in [-0.25, -0.2) is 0 Å². The van der Waals surface area contributed by atoms with E-state index in [0.29, 0.717) is 33.5 Å². The number of halogens is 2. The molecule has 1 aliphatic heterocycles. The van der Waals surface area contributed by atoms with Crippen LogP contribution in [0.15, 0.2) is 17.3 Å². The number of oxime groups is 1. The molecule has 5 heteroatoms. The van der Waals surface area contributed by atoms with E-state index in [9.17, 15) is 0 Å². The van der Waals surface area contributed by atoms with Crippen molar-refractivity contribution in [3.8, 4) is 5.75 Å². The summed E-state index contributed by atoms with van der Waals surface area (Å²) in [6.45, 7) is 3.84. The minimum atomic E-state index is -0.411. The van der Waals surface area contributed by atoms with Crippen LogP contribution in [0.25, 0.3) is 0 Å². The van der Waals surface area contributed by atoms with E-state index in [0.717, 1.165) is 0 Å². The molecule has 0 fully saturated rings. The molecule has 0 saturated heterocycles. The van der Waals surface area contributed by atoms with Crippen molar-refractivity contribution in [3.63, 3.8) is 0 Å². The molecular weight excluding hydrogens is 249 g/mol. The van der Waals surface area contributed by atoms with Gasteiger partial charge < -0.3 is 9.94 Å². The lowest BCUT2D eigenvalue weighted by molar-refractivity contribution is 0.110. The van der Waals surface area contributed by atoms with Gasteiger partial charge in [-0.2, -0.15) is 0 Å². The molecule has 0 spiro atoms. The van der Waals surface area contributed by atoms with Crippen LogP contribution in [-0.2, 0) is 0 Å². The molecule has 0 amide bonds. The molecule has 1 aromatic rings. The van der Waals surface area contributed by atoms with Gasteiger partial charge in [0.2, 0.25) is 0 Å². The molecule has 2 rings (SSSR count). The first-order chi connectivity index (χ1) is 7.43. The van der Waals surface area contributed by atoms with E-state index in [4.69, 9.17) is 33.1 Å². The average Bonchev–Trinajstić information content (AvgIpc) is 2.18. The van der Waals surface area contributed by atoms with Crippen LogP contribution in [0.4, 0.5) is 0 Å². The van der Waals surface area contributed by atoms with Gasteiger partial charge in [-0.05, 0) is 19.9 Å². The van der Waals surface area contributed by atoms with Crippen molar-refractivity contribution in [1.29, 1.82) is 0 Å². The summed E-state index contributed by atoms with van der Waals surface area (Å²) in [5, 5.41) is 13.1. The third-order valence-corrected chi connectivity index (χ3v) is 3.16. The molecule has 0 saturated carbocycles. The highest BCUT2D eigenvalue weighted by Crippen LogP contribution is 2.38. The normalized spacial score (nSPS) is 20.4. The van der Waals surface area contributed by atoms with Gasteiger partial charge in [0.25, 0.3) is 0 Å². The van der Waals surface area contributed by atoms with Crippen LogP contribution in [0, 0.1) is 0 Å². The molecule has 0 aromatic heterocycles. The van der Waals surface area contributed by atoms with Crippen molar-refractivity contribution in [2.45, 2.75) is 25.9 Å². The smallest absolute Gasteiger partial charge is 0.130 e. The molecule has 1 aliphatic rings. The van der Waals surface area contributed by atoms with E-state index in [1.165, 1.54) is 0 Å². The molecule has 86 valence electrons. The summed E-state index contributed by atoms with van der Waals surface area (Å²) in [6, 6.07) is 3.30. The Morgan fingerprint density at radius 3 is 2.56 bits per heavy atom. The molecule has 16 heavy (non-hydrogen) atoms. The molecule has 0 bridgehead atoms. The Balaban J connectivity index is 2.60. The van der Waals surface area contributed by atoms with Gasteiger partial charge >= 0.3 is 0 Å². The minimum absolute atomic E-state index is 0.411. The zero-order chi connectivity index (χ0) is 11.9. The van der Waals surface area contributed by atoms with Gasteiger partial charge in [0.1, 0.15) is 11.4 Å². The first-order valence-corrected chi connectivity index (χ1v) is 5.58. The lowest BCUT2D eigenvalue weighted by Crippen LogP contribution is -2.36. The lowest BCUT2D eigenvalue weighted by Gasteiger charge is -2.33. The van der Waals surface area contributed by atoms with E-state index in [1.807, 2.05) is 13.8 Å². The number of fused-ring (bicyclic) bond motifs is 1. The monoisotopic (exact) mass is 259 g/mol. The summed E-state index contributed by atoms with van der Waals surface area (Å²) in [6.07, 6.45) is 0.522. The van der Waals surface area contributed by atoms with E-state index in [2.05, 4.69) is 5.16 Å². The Labute approximate surface area is 104 Å². The zero-order valence-corrected chi connectivity index (χ0v) is 10.4. The van der Waals surface area contributed by atoms with Crippen molar-refractivity contribution in [2.24, 2.45) is 5.16 Å². The Hall–Kier alpha value is -0.930. The Bertz CT molecular complexity index is 469. The molecule has 1 aromatic carbocycles. The standard InChI is InChI=1S/C11H11Cl2NO2/c1-11(2)5-9(14-15)6-3-7(12)8(13)4-10(6)16-11/h3-4,15H,5H2,1-2H3/b14-9+. The van der Waals surface area contributed by atoms with Crippen LogP contribution in [0.2, 0.25) is 10.0 Å². The van der Waals surface area contributed by atoms with Crippen molar-refractivity contribution >= 4 is 28.9 Å². The van der Waals surface area contributed by atoms with E-state index in [-0.39, 0.29) is 0 Å². The van der Waals surface area contributed by atoms with Crippen molar-refractivity contribution in [3.05, 3.63) is 27.7 Å². The number of rotatable bonds is 0. The molecule has 0 aliphatic carbocycles. The fraction of sp³-hybridized carbons (Fsp3) is 0.364. The summed E-state index contributed by atoms with van der Waals surface area (Å²) >= 11 is 11.8. The van der Waals surface area contributed by atoms with E-state index >= 15 is 0 Å². The Morgan fingerprint density at radius 2 is 1.94 bits per heavy atom. The summed E-state index contributed by atoms with van der Waals surface area (Å²) in [5.74, 6) is 0.596. The highest BCUT2D eigenvalue weighted by molar-refractivity contribution is 6.42. The Kier molecular flexibility index (Phi) is 2.76. The van der Waals surface area contributed by atoms with Crippen LogP contribution in [0.5, 0.6) is 5.75 Å². The molecule has 0 radical (unpaired) electrons. The maximum atomic E-state index is 8.99. The van der Waals surface area contributed by atoms with Gasteiger partial charge in [0.05, 0.1) is 15.8 Å². The summed E-state index contributed by atoms with van der Waals surface area (Å²) in [7, 11) is 0. The maximum absolute atomic E-state index is 8.99. The maximum Gasteiger partial charge on any atom is 0.130 e. The van der Waals surface area contributed by atoms with Gasteiger partial charge in [-0.15, -0.1) is 0 Å². The largest absolute Gasteiger partial charge is 0.487 e. The minimum Gasteiger partial charge on any atom is -0.487 e. The first kappa shape index (κ1) is 11.6. The number of hydrogen-bond acceptors (Lipinski definition) is 3. The molecule has 1 heterocycles. The summed E-state index contributed by atoms with van der Waals surface area (Å²) in [4.78, 5) is 0. The van der Waals surface area contributed by atoms with Crippen LogP contribution in [0.3, 0.4) is 0 Å². The third-order valence-electron chi connectivity index (χ3n) is 2.43. The zero-order valence-electron chi connectivity index (χ0n) is 8.92. The van der Waals surface area contributed by atoms with Crippen molar-refractivity contribution < 1.29 is 9.94 Å².